The normalized spacial score (nSPS) is 12.7. The van der Waals surface area contributed by atoms with Crippen molar-refractivity contribution in [1.82, 2.24) is 4.98 Å². The van der Waals surface area contributed by atoms with E-state index in [1.165, 1.54) is 20.1 Å². The lowest BCUT2D eigenvalue weighted by Gasteiger charge is -2.29. The first-order chi connectivity index (χ1) is 15.3. The first-order valence-electron chi connectivity index (χ1n) is 10.6. The van der Waals surface area contributed by atoms with E-state index in [2.05, 4.69) is 4.98 Å². The van der Waals surface area contributed by atoms with Crippen LogP contribution < -0.4 is 4.74 Å². The zero-order valence-electron chi connectivity index (χ0n) is 19.1. The molecule has 0 saturated carbocycles. The van der Waals surface area contributed by atoms with E-state index >= 15 is 0 Å². The summed E-state index contributed by atoms with van der Waals surface area (Å²) in [6.07, 6.45) is 0.870. The summed E-state index contributed by atoms with van der Waals surface area (Å²) in [5.74, 6) is -1.02. The van der Waals surface area contributed by atoms with Crippen molar-refractivity contribution in [1.29, 1.82) is 0 Å². The number of pyridine rings is 1. The molecule has 0 bridgehead atoms. The molecule has 1 aromatic carbocycles. The number of carbonyl (C=O) groups is 2. The Morgan fingerprint density at radius 1 is 1.09 bits per heavy atom. The number of hydrogen-bond acceptors (Lipinski definition) is 8. The van der Waals surface area contributed by atoms with Gasteiger partial charge in [0.1, 0.15) is 12.2 Å². The molecular formula is C24H31NO7. The SMILES string of the molecule is CCCOC(=O)c1cc([C@](O)(CC)COC(C)=O)c(COCc2ccccc2)c(OC)n1. The largest absolute Gasteiger partial charge is 0.481 e. The molecule has 0 fully saturated rings. The van der Waals surface area contributed by atoms with Crippen molar-refractivity contribution in [3.63, 3.8) is 0 Å². The van der Waals surface area contributed by atoms with Crippen LogP contribution in [0.2, 0.25) is 0 Å². The van der Waals surface area contributed by atoms with Gasteiger partial charge in [-0.15, -0.1) is 0 Å². The van der Waals surface area contributed by atoms with Gasteiger partial charge in [-0.1, -0.05) is 44.2 Å². The molecule has 1 N–H and O–H groups in total. The lowest BCUT2D eigenvalue weighted by molar-refractivity contribution is -0.149. The van der Waals surface area contributed by atoms with Crippen LogP contribution in [0.25, 0.3) is 0 Å². The Labute approximate surface area is 188 Å². The molecule has 8 heteroatoms. The number of rotatable bonds is 12. The second-order valence-corrected chi connectivity index (χ2v) is 7.32. The average molecular weight is 446 g/mol. The van der Waals surface area contributed by atoms with Gasteiger partial charge in [0, 0.05) is 18.1 Å². The monoisotopic (exact) mass is 445 g/mol. The standard InChI is InChI=1S/C24H31NO7/c1-5-12-31-23(27)21-13-20(24(28,6-2)16-32-17(3)26)19(22(25-21)29-4)15-30-14-18-10-8-7-9-11-18/h7-11,13,28H,5-6,12,14-16H2,1-4H3/t24-/m0/s1. The van der Waals surface area contributed by atoms with Crippen LogP contribution in [0.5, 0.6) is 5.88 Å². The molecule has 0 unspecified atom stereocenters. The van der Waals surface area contributed by atoms with Gasteiger partial charge < -0.3 is 24.1 Å². The van der Waals surface area contributed by atoms with Crippen molar-refractivity contribution in [3.8, 4) is 5.88 Å². The predicted octanol–water partition coefficient (Wildman–Crippen LogP) is 3.53. The molecule has 0 saturated heterocycles. The number of carbonyl (C=O) groups excluding carboxylic acids is 2. The average Bonchev–Trinajstić information content (AvgIpc) is 2.81. The fourth-order valence-corrected chi connectivity index (χ4v) is 3.08. The molecule has 1 atom stereocenters. The summed E-state index contributed by atoms with van der Waals surface area (Å²) >= 11 is 0. The molecule has 0 radical (unpaired) electrons. The summed E-state index contributed by atoms with van der Waals surface area (Å²) in [6, 6.07) is 11.1. The zero-order chi connectivity index (χ0) is 23.6. The summed E-state index contributed by atoms with van der Waals surface area (Å²) in [7, 11) is 1.42. The van der Waals surface area contributed by atoms with Gasteiger partial charge in [-0.2, -0.15) is 0 Å². The Bertz CT molecular complexity index is 901. The minimum Gasteiger partial charge on any atom is -0.481 e. The second-order valence-electron chi connectivity index (χ2n) is 7.32. The maximum atomic E-state index is 12.5. The predicted molar refractivity (Wildman–Crippen MR) is 117 cm³/mol. The molecule has 32 heavy (non-hydrogen) atoms. The molecule has 0 aliphatic heterocycles. The zero-order valence-corrected chi connectivity index (χ0v) is 19.1. The van der Waals surface area contributed by atoms with Crippen LogP contribution in [0.3, 0.4) is 0 Å². The minimum absolute atomic E-state index is 0.00758. The van der Waals surface area contributed by atoms with Crippen LogP contribution in [0.15, 0.2) is 36.4 Å². The Balaban J connectivity index is 2.45. The molecule has 0 amide bonds. The topological polar surface area (TPSA) is 104 Å². The van der Waals surface area contributed by atoms with E-state index in [4.69, 9.17) is 18.9 Å². The molecule has 8 nitrogen and oxygen atoms in total. The van der Waals surface area contributed by atoms with Gasteiger partial charge >= 0.3 is 11.9 Å². The van der Waals surface area contributed by atoms with Gasteiger partial charge in [0.05, 0.1) is 26.9 Å². The summed E-state index contributed by atoms with van der Waals surface area (Å²) in [4.78, 5) is 28.2. The lowest BCUT2D eigenvalue weighted by Crippen LogP contribution is -2.34. The highest BCUT2D eigenvalue weighted by Gasteiger charge is 2.35. The fourth-order valence-electron chi connectivity index (χ4n) is 3.08. The summed E-state index contributed by atoms with van der Waals surface area (Å²) < 4.78 is 21.6. The molecule has 0 aliphatic carbocycles. The van der Waals surface area contributed by atoms with Crippen LogP contribution >= 0.6 is 0 Å². The van der Waals surface area contributed by atoms with Crippen molar-refractivity contribution in [3.05, 3.63) is 58.8 Å². The van der Waals surface area contributed by atoms with Crippen LogP contribution in [0, 0.1) is 0 Å². The lowest BCUT2D eigenvalue weighted by atomic mass is 9.88. The molecule has 0 aliphatic rings. The number of nitrogens with zero attached hydrogens (tertiary/aromatic N) is 1. The van der Waals surface area contributed by atoms with Crippen molar-refractivity contribution in [2.75, 3.05) is 20.3 Å². The Morgan fingerprint density at radius 2 is 1.81 bits per heavy atom. The minimum atomic E-state index is -1.58. The number of ether oxygens (including phenoxy) is 4. The first-order valence-corrected chi connectivity index (χ1v) is 10.6. The second kappa shape index (κ2) is 12.2. The highest BCUT2D eigenvalue weighted by atomic mass is 16.5. The Morgan fingerprint density at radius 3 is 2.41 bits per heavy atom. The number of hydrogen-bond donors (Lipinski definition) is 1. The van der Waals surface area contributed by atoms with E-state index in [9.17, 15) is 14.7 Å². The summed E-state index contributed by atoms with van der Waals surface area (Å²) in [6.45, 7) is 5.24. The van der Waals surface area contributed by atoms with Crippen LogP contribution in [-0.4, -0.2) is 42.4 Å². The first kappa shape index (κ1) is 25.3. The number of aromatic nitrogens is 1. The fraction of sp³-hybridized carbons (Fsp3) is 0.458. The maximum absolute atomic E-state index is 12.5. The number of aliphatic hydroxyl groups is 1. The molecular weight excluding hydrogens is 414 g/mol. The van der Waals surface area contributed by atoms with E-state index in [-0.39, 0.29) is 37.8 Å². The van der Waals surface area contributed by atoms with Crippen molar-refractivity contribution in [2.24, 2.45) is 0 Å². The van der Waals surface area contributed by atoms with Gasteiger partial charge in [0.25, 0.3) is 0 Å². The van der Waals surface area contributed by atoms with E-state index in [1.54, 1.807) is 6.92 Å². The van der Waals surface area contributed by atoms with Crippen molar-refractivity contribution in [2.45, 2.75) is 52.4 Å². The Kier molecular flexibility index (Phi) is 9.61. The molecule has 1 heterocycles. The van der Waals surface area contributed by atoms with Gasteiger partial charge in [-0.3, -0.25) is 4.79 Å². The van der Waals surface area contributed by atoms with Gasteiger partial charge in [-0.05, 0) is 24.5 Å². The van der Waals surface area contributed by atoms with Crippen molar-refractivity contribution < 1.29 is 33.6 Å². The number of benzene rings is 1. The van der Waals surface area contributed by atoms with Gasteiger partial charge in [-0.25, -0.2) is 9.78 Å². The quantitative estimate of drug-likeness (QED) is 0.495. The van der Waals surface area contributed by atoms with Gasteiger partial charge in [0.15, 0.2) is 5.69 Å². The van der Waals surface area contributed by atoms with Gasteiger partial charge in [0.2, 0.25) is 5.88 Å². The van der Waals surface area contributed by atoms with E-state index < -0.39 is 17.5 Å². The third-order valence-corrected chi connectivity index (χ3v) is 4.88. The molecule has 2 aromatic rings. The highest BCUT2D eigenvalue weighted by Crippen LogP contribution is 2.34. The highest BCUT2D eigenvalue weighted by molar-refractivity contribution is 5.88. The van der Waals surface area contributed by atoms with E-state index in [1.807, 2.05) is 37.3 Å². The summed E-state index contributed by atoms with van der Waals surface area (Å²) in [5, 5.41) is 11.4. The summed E-state index contributed by atoms with van der Waals surface area (Å²) in [5.41, 5.74) is 0.197. The van der Waals surface area contributed by atoms with E-state index in [0.717, 1.165) is 5.56 Å². The molecule has 2 rings (SSSR count). The molecule has 0 spiro atoms. The van der Waals surface area contributed by atoms with Crippen LogP contribution in [0.4, 0.5) is 0 Å². The molecule has 1 aromatic heterocycles. The Hall–Kier alpha value is -2.97. The van der Waals surface area contributed by atoms with Crippen molar-refractivity contribution >= 4 is 11.9 Å². The maximum Gasteiger partial charge on any atom is 0.357 e. The van der Waals surface area contributed by atoms with Crippen LogP contribution in [0.1, 0.15) is 60.8 Å². The van der Waals surface area contributed by atoms with E-state index in [0.29, 0.717) is 24.2 Å². The van der Waals surface area contributed by atoms with Crippen LogP contribution in [-0.2, 0) is 37.8 Å². The number of esters is 2. The number of methoxy groups -OCH3 is 1. The third kappa shape index (κ3) is 6.77. The molecule has 174 valence electrons. The third-order valence-electron chi connectivity index (χ3n) is 4.88. The smallest absolute Gasteiger partial charge is 0.357 e.